The van der Waals surface area contributed by atoms with Gasteiger partial charge in [0.2, 0.25) is 0 Å². The SMILES string of the molecule is S=c1[nH]nc(-c2ccccn2)n1CCOc1ccccc1. The third-order valence-electron chi connectivity index (χ3n) is 2.98. The van der Waals surface area contributed by atoms with E-state index < -0.39 is 0 Å². The third-order valence-corrected chi connectivity index (χ3v) is 3.29. The molecule has 106 valence electrons. The molecule has 0 atom stereocenters. The number of hydrogen-bond donors (Lipinski definition) is 1. The van der Waals surface area contributed by atoms with Gasteiger partial charge in [0.15, 0.2) is 10.6 Å². The van der Waals surface area contributed by atoms with Gasteiger partial charge in [-0.25, -0.2) is 0 Å². The van der Waals surface area contributed by atoms with E-state index in [0.717, 1.165) is 17.3 Å². The summed E-state index contributed by atoms with van der Waals surface area (Å²) in [5.74, 6) is 1.56. The molecule has 3 aromatic rings. The van der Waals surface area contributed by atoms with E-state index in [1.165, 1.54) is 0 Å². The molecule has 1 N–H and O–H groups in total. The Labute approximate surface area is 127 Å². The molecule has 0 aliphatic rings. The normalized spacial score (nSPS) is 10.5. The summed E-state index contributed by atoms with van der Waals surface area (Å²) in [6, 6.07) is 15.4. The molecule has 0 bridgehead atoms. The molecule has 0 saturated carbocycles. The molecule has 0 radical (unpaired) electrons. The average Bonchev–Trinajstić information content (AvgIpc) is 2.91. The number of rotatable bonds is 5. The standard InChI is InChI=1S/C15H14N4OS/c21-15-18-17-14(13-8-4-5-9-16-13)19(15)10-11-20-12-6-2-1-3-7-12/h1-9H,10-11H2,(H,18,21). The highest BCUT2D eigenvalue weighted by Crippen LogP contribution is 2.14. The molecule has 0 saturated heterocycles. The molecule has 0 aliphatic heterocycles. The van der Waals surface area contributed by atoms with Crippen LogP contribution in [0.5, 0.6) is 5.75 Å². The second-order valence-corrected chi connectivity index (χ2v) is 4.77. The lowest BCUT2D eigenvalue weighted by Gasteiger charge is -2.08. The quantitative estimate of drug-likeness (QED) is 0.735. The summed E-state index contributed by atoms with van der Waals surface area (Å²) in [5, 5.41) is 7.04. The zero-order valence-corrected chi connectivity index (χ0v) is 12.1. The fourth-order valence-corrected chi connectivity index (χ4v) is 2.21. The molecule has 21 heavy (non-hydrogen) atoms. The zero-order valence-electron chi connectivity index (χ0n) is 11.3. The molecule has 5 nitrogen and oxygen atoms in total. The number of hydrogen-bond acceptors (Lipinski definition) is 4. The van der Waals surface area contributed by atoms with Gasteiger partial charge in [-0.3, -0.25) is 14.6 Å². The van der Waals surface area contributed by atoms with Crippen molar-refractivity contribution in [3.05, 3.63) is 59.5 Å². The minimum absolute atomic E-state index is 0.512. The van der Waals surface area contributed by atoms with Gasteiger partial charge in [0.1, 0.15) is 18.1 Å². The van der Waals surface area contributed by atoms with Crippen LogP contribution in [-0.2, 0) is 6.54 Å². The van der Waals surface area contributed by atoms with E-state index >= 15 is 0 Å². The third kappa shape index (κ3) is 3.17. The Bertz CT molecular complexity index is 752. The Morgan fingerprint density at radius 1 is 1.10 bits per heavy atom. The van der Waals surface area contributed by atoms with Crippen molar-refractivity contribution in [2.45, 2.75) is 6.54 Å². The molecular weight excluding hydrogens is 284 g/mol. The number of aromatic amines is 1. The van der Waals surface area contributed by atoms with E-state index in [2.05, 4.69) is 15.2 Å². The van der Waals surface area contributed by atoms with E-state index in [9.17, 15) is 0 Å². The maximum absolute atomic E-state index is 5.70. The number of aromatic nitrogens is 4. The van der Waals surface area contributed by atoms with Crippen LogP contribution in [0.2, 0.25) is 0 Å². The first kappa shape index (κ1) is 13.5. The Kier molecular flexibility index (Phi) is 4.07. The van der Waals surface area contributed by atoms with Crippen LogP contribution < -0.4 is 4.74 Å². The minimum atomic E-state index is 0.512. The maximum Gasteiger partial charge on any atom is 0.195 e. The molecule has 3 rings (SSSR count). The van der Waals surface area contributed by atoms with Crippen LogP contribution in [0, 0.1) is 4.77 Å². The van der Waals surface area contributed by atoms with Crippen molar-refractivity contribution >= 4 is 12.2 Å². The topological polar surface area (TPSA) is 55.7 Å². The zero-order chi connectivity index (χ0) is 14.5. The largest absolute Gasteiger partial charge is 0.492 e. The van der Waals surface area contributed by atoms with E-state index in [0.29, 0.717) is 17.9 Å². The molecule has 6 heteroatoms. The number of para-hydroxylation sites is 1. The lowest BCUT2D eigenvalue weighted by molar-refractivity contribution is 0.298. The summed E-state index contributed by atoms with van der Waals surface area (Å²) in [6.07, 6.45) is 1.73. The van der Waals surface area contributed by atoms with Gasteiger partial charge in [-0.2, -0.15) is 5.10 Å². The van der Waals surface area contributed by atoms with Crippen molar-refractivity contribution in [2.75, 3.05) is 6.61 Å². The molecule has 2 heterocycles. The van der Waals surface area contributed by atoms with Gasteiger partial charge in [-0.05, 0) is 36.5 Å². The number of pyridine rings is 1. The van der Waals surface area contributed by atoms with Crippen LogP contribution in [0.1, 0.15) is 0 Å². The molecular formula is C15H14N4OS. The molecule has 0 aliphatic carbocycles. The predicted molar refractivity (Wildman–Crippen MR) is 82.6 cm³/mol. The Morgan fingerprint density at radius 3 is 2.67 bits per heavy atom. The van der Waals surface area contributed by atoms with Crippen molar-refractivity contribution in [1.82, 2.24) is 19.7 Å². The molecule has 0 spiro atoms. The lowest BCUT2D eigenvalue weighted by Crippen LogP contribution is -2.10. The summed E-state index contributed by atoms with van der Waals surface area (Å²) in [7, 11) is 0. The summed E-state index contributed by atoms with van der Waals surface area (Å²) in [5.41, 5.74) is 0.782. The fourth-order valence-electron chi connectivity index (χ4n) is 1.99. The highest BCUT2D eigenvalue weighted by Gasteiger charge is 2.09. The monoisotopic (exact) mass is 298 g/mol. The van der Waals surface area contributed by atoms with Crippen LogP contribution in [-0.4, -0.2) is 26.4 Å². The molecule has 0 unspecified atom stereocenters. The van der Waals surface area contributed by atoms with E-state index in [-0.39, 0.29) is 0 Å². The van der Waals surface area contributed by atoms with Gasteiger partial charge in [0.05, 0.1) is 6.54 Å². The Hall–Kier alpha value is -2.47. The van der Waals surface area contributed by atoms with Crippen LogP contribution in [0.4, 0.5) is 0 Å². The number of ether oxygens (including phenoxy) is 1. The Balaban J connectivity index is 1.74. The number of nitrogens with zero attached hydrogens (tertiary/aromatic N) is 3. The predicted octanol–water partition coefficient (Wildman–Crippen LogP) is 3.08. The van der Waals surface area contributed by atoms with Crippen molar-refractivity contribution in [1.29, 1.82) is 0 Å². The van der Waals surface area contributed by atoms with Crippen LogP contribution in [0.15, 0.2) is 54.7 Å². The molecule has 1 aromatic carbocycles. The van der Waals surface area contributed by atoms with Gasteiger partial charge >= 0.3 is 0 Å². The van der Waals surface area contributed by atoms with E-state index in [4.69, 9.17) is 17.0 Å². The first-order chi connectivity index (χ1) is 10.3. The lowest BCUT2D eigenvalue weighted by atomic mass is 10.3. The molecule has 2 aromatic heterocycles. The second kappa shape index (κ2) is 6.32. The van der Waals surface area contributed by atoms with Gasteiger partial charge in [-0.15, -0.1) is 0 Å². The fraction of sp³-hybridized carbons (Fsp3) is 0.133. The van der Waals surface area contributed by atoms with Crippen molar-refractivity contribution < 1.29 is 4.74 Å². The number of nitrogens with one attached hydrogen (secondary N) is 1. The molecule has 0 amide bonds. The minimum Gasteiger partial charge on any atom is -0.492 e. The molecule has 0 fully saturated rings. The smallest absolute Gasteiger partial charge is 0.195 e. The van der Waals surface area contributed by atoms with Crippen molar-refractivity contribution in [3.63, 3.8) is 0 Å². The van der Waals surface area contributed by atoms with E-state index in [1.54, 1.807) is 6.20 Å². The van der Waals surface area contributed by atoms with Crippen LogP contribution in [0.3, 0.4) is 0 Å². The summed E-state index contributed by atoms with van der Waals surface area (Å²) >= 11 is 5.26. The summed E-state index contributed by atoms with van der Waals surface area (Å²) in [4.78, 5) is 4.30. The first-order valence-corrected chi connectivity index (χ1v) is 7.00. The average molecular weight is 298 g/mol. The van der Waals surface area contributed by atoms with Gasteiger partial charge in [0.25, 0.3) is 0 Å². The Morgan fingerprint density at radius 2 is 1.90 bits per heavy atom. The maximum atomic E-state index is 5.70. The van der Waals surface area contributed by atoms with Gasteiger partial charge in [-0.1, -0.05) is 24.3 Å². The van der Waals surface area contributed by atoms with Gasteiger partial charge < -0.3 is 4.74 Å². The number of H-pyrrole nitrogens is 1. The second-order valence-electron chi connectivity index (χ2n) is 4.38. The number of benzene rings is 1. The van der Waals surface area contributed by atoms with Crippen molar-refractivity contribution in [2.24, 2.45) is 0 Å². The van der Waals surface area contributed by atoms with Crippen molar-refractivity contribution in [3.8, 4) is 17.3 Å². The van der Waals surface area contributed by atoms with E-state index in [1.807, 2.05) is 53.1 Å². The summed E-state index contributed by atoms with van der Waals surface area (Å²) in [6.45, 7) is 1.12. The highest BCUT2D eigenvalue weighted by atomic mass is 32.1. The summed E-state index contributed by atoms with van der Waals surface area (Å²) < 4.78 is 8.15. The van der Waals surface area contributed by atoms with Gasteiger partial charge in [0, 0.05) is 6.20 Å². The van der Waals surface area contributed by atoms with Crippen LogP contribution >= 0.6 is 12.2 Å². The van der Waals surface area contributed by atoms with Crippen LogP contribution in [0.25, 0.3) is 11.5 Å². The first-order valence-electron chi connectivity index (χ1n) is 6.59. The highest BCUT2D eigenvalue weighted by molar-refractivity contribution is 7.71.